The second-order valence-corrected chi connectivity index (χ2v) is 5.71. The zero-order chi connectivity index (χ0) is 16.9. The predicted octanol–water partition coefficient (Wildman–Crippen LogP) is 4.61. The Labute approximate surface area is 140 Å². The van der Waals surface area contributed by atoms with Crippen molar-refractivity contribution in [2.24, 2.45) is 5.92 Å². The molecule has 0 aliphatic rings. The fourth-order valence-electron chi connectivity index (χ4n) is 1.84. The van der Waals surface area contributed by atoms with Gasteiger partial charge in [0, 0.05) is 0 Å². The highest BCUT2D eigenvalue weighted by Crippen LogP contribution is 2.18. The SMILES string of the molecule is CCCCOc1ccc(OCCCCOC(=O)C(C)CC)cc1. The highest BCUT2D eigenvalue weighted by molar-refractivity contribution is 5.71. The van der Waals surface area contributed by atoms with Gasteiger partial charge in [0.05, 0.1) is 25.7 Å². The number of esters is 1. The Bertz CT molecular complexity index is 428. The number of carbonyl (C=O) groups excluding carboxylic acids is 1. The van der Waals surface area contributed by atoms with Crippen molar-refractivity contribution >= 4 is 5.97 Å². The first kappa shape index (κ1) is 19.3. The van der Waals surface area contributed by atoms with Gasteiger partial charge in [-0.1, -0.05) is 27.2 Å². The molecule has 0 N–H and O–H groups in total. The quantitative estimate of drug-likeness (QED) is 0.416. The summed E-state index contributed by atoms with van der Waals surface area (Å²) >= 11 is 0. The van der Waals surface area contributed by atoms with Crippen LogP contribution in [-0.4, -0.2) is 25.8 Å². The van der Waals surface area contributed by atoms with Gasteiger partial charge in [-0.3, -0.25) is 4.79 Å². The molecule has 0 saturated carbocycles. The van der Waals surface area contributed by atoms with Crippen LogP contribution >= 0.6 is 0 Å². The maximum atomic E-state index is 11.5. The van der Waals surface area contributed by atoms with Crippen molar-refractivity contribution in [3.63, 3.8) is 0 Å². The lowest BCUT2D eigenvalue weighted by Gasteiger charge is -2.10. The molecule has 0 fully saturated rings. The third-order valence-corrected chi connectivity index (χ3v) is 3.66. The lowest BCUT2D eigenvalue weighted by molar-refractivity contribution is -0.148. The van der Waals surface area contributed by atoms with E-state index in [-0.39, 0.29) is 11.9 Å². The third kappa shape index (κ3) is 8.48. The molecule has 0 amide bonds. The van der Waals surface area contributed by atoms with Gasteiger partial charge in [-0.15, -0.1) is 0 Å². The van der Waals surface area contributed by atoms with E-state index in [1.165, 1.54) is 0 Å². The first-order valence-corrected chi connectivity index (χ1v) is 8.69. The standard InChI is InChI=1S/C19H30O4/c1-4-6-13-21-17-9-11-18(12-10-17)22-14-7-8-15-23-19(20)16(3)5-2/h9-12,16H,4-8,13-15H2,1-3H3. The smallest absolute Gasteiger partial charge is 0.308 e. The van der Waals surface area contributed by atoms with Gasteiger partial charge in [0.1, 0.15) is 11.5 Å². The average Bonchev–Trinajstić information content (AvgIpc) is 2.58. The van der Waals surface area contributed by atoms with E-state index in [4.69, 9.17) is 14.2 Å². The topological polar surface area (TPSA) is 44.8 Å². The van der Waals surface area contributed by atoms with E-state index in [0.717, 1.165) is 50.2 Å². The number of ether oxygens (including phenoxy) is 3. The van der Waals surface area contributed by atoms with Crippen molar-refractivity contribution in [3.8, 4) is 11.5 Å². The molecule has 1 rings (SSSR count). The van der Waals surface area contributed by atoms with E-state index < -0.39 is 0 Å². The van der Waals surface area contributed by atoms with Crippen LogP contribution in [0.1, 0.15) is 52.9 Å². The molecule has 1 unspecified atom stereocenters. The number of hydrogen-bond acceptors (Lipinski definition) is 4. The van der Waals surface area contributed by atoms with E-state index >= 15 is 0 Å². The minimum atomic E-state index is -0.105. The number of rotatable bonds is 12. The summed E-state index contributed by atoms with van der Waals surface area (Å²) in [5, 5.41) is 0. The van der Waals surface area contributed by atoms with Gasteiger partial charge >= 0.3 is 5.97 Å². The number of benzene rings is 1. The summed E-state index contributed by atoms with van der Waals surface area (Å²) in [4.78, 5) is 11.5. The lowest BCUT2D eigenvalue weighted by Crippen LogP contribution is -2.14. The van der Waals surface area contributed by atoms with Crippen LogP contribution in [0.5, 0.6) is 11.5 Å². The summed E-state index contributed by atoms with van der Waals surface area (Å²) < 4.78 is 16.5. The molecule has 4 nitrogen and oxygen atoms in total. The molecule has 130 valence electrons. The Morgan fingerprint density at radius 2 is 1.43 bits per heavy atom. The first-order valence-electron chi connectivity index (χ1n) is 8.69. The van der Waals surface area contributed by atoms with Gasteiger partial charge in [-0.25, -0.2) is 0 Å². The molecule has 1 atom stereocenters. The van der Waals surface area contributed by atoms with Crippen molar-refractivity contribution in [2.45, 2.75) is 52.9 Å². The molecule has 0 aliphatic carbocycles. The van der Waals surface area contributed by atoms with Gasteiger partial charge in [0.2, 0.25) is 0 Å². The molecule has 0 radical (unpaired) electrons. The summed E-state index contributed by atoms with van der Waals surface area (Å²) in [5.74, 6) is 1.60. The average molecular weight is 322 g/mol. The predicted molar refractivity (Wildman–Crippen MR) is 92.0 cm³/mol. The second-order valence-electron chi connectivity index (χ2n) is 5.71. The molecule has 23 heavy (non-hydrogen) atoms. The Balaban J connectivity index is 2.10. The largest absolute Gasteiger partial charge is 0.494 e. The van der Waals surface area contributed by atoms with Gasteiger partial charge in [-0.2, -0.15) is 0 Å². The normalized spacial score (nSPS) is 11.8. The Morgan fingerprint density at radius 3 is 1.96 bits per heavy atom. The van der Waals surface area contributed by atoms with Gasteiger partial charge in [0.15, 0.2) is 0 Å². The van der Waals surface area contributed by atoms with Crippen LogP contribution in [0.2, 0.25) is 0 Å². The monoisotopic (exact) mass is 322 g/mol. The minimum absolute atomic E-state index is 0.00990. The van der Waals surface area contributed by atoms with Crippen LogP contribution in [0, 0.1) is 5.92 Å². The third-order valence-electron chi connectivity index (χ3n) is 3.66. The summed E-state index contributed by atoms with van der Waals surface area (Å²) in [6.07, 6.45) is 4.71. The maximum Gasteiger partial charge on any atom is 0.308 e. The molecular weight excluding hydrogens is 292 g/mol. The van der Waals surface area contributed by atoms with Gasteiger partial charge in [0.25, 0.3) is 0 Å². The highest BCUT2D eigenvalue weighted by Gasteiger charge is 2.10. The number of unbranched alkanes of at least 4 members (excludes halogenated alkanes) is 2. The maximum absolute atomic E-state index is 11.5. The molecule has 0 heterocycles. The fourth-order valence-corrected chi connectivity index (χ4v) is 1.84. The molecule has 0 aliphatic heterocycles. The molecular formula is C19H30O4. The van der Waals surface area contributed by atoms with Crippen molar-refractivity contribution in [1.29, 1.82) is 0 Å². The minimum Gasteiger partial charge on any atom is -0.494 e. The highest BCUT2D eigenvalue weighted by atomic mass is 16.5. The van der Waals surface area contributed by atoms with Crippen LogP contribution < -0.4 is 9.47 Å². The molecule has 0 saturated heterocycles. The summed E-state index contributed by atoms with van der Waals surface area (Å²) in [6, 6.07) is 7.70. The molecule has 1 aromatic carbocycles. The van der Waals surface area contributed by atoms with Crippen LogP contribution in [-0.2, 0) is 9.53 Å². The van der Waals surface area contributed by atoms with Crippen LogP contribution in [0.25, 0.3) is 0 Å². The molecule has 1 aromatic rings. The molecule has 0 spiro atoms. The lowest BCUT2D eigenvalue weighted by atomic mass is 10.1. The van der Waals surface area contributed by atoms with E-state index in [2.05, 4.69) is 6.92 Å². The van der Waals surface area contributed by atoms with Crippen molar-refractivity contribution < 1.29 is 19.0 Å². The summed E-state index contributed by atoms with van der Waals surface area (Å²) in [5.41, 5.74) is 0. The van der Waals surface area contributed by atoms with E-state index in [9.17, 15) is 4.79 Å². The number of hydrogen-bond donors (Lipinski definition) is 0. The number of carbonyl (C=O) groups is 1. The zero-order valence-corrected chi connectivity index (χ0v) is 14.7. The van der Waals surface area contributed by atoms with Gasteiger partial charge < -0.3 is 14.2 Å². The van der Waals surface area contributed by atoms with E-state index in [0.29, 0.717) is 13.2 Å². The second kappa shape index (κ2) is 11.8. The molecule has 4 heteroatoms. The first-order chi connectivity index (χ1) is 11.2. The van der Waals surface area contributed by atoms with Crippen molar-refractivity contribution in [2.75, 3.05) is 19.8 Å². The van der Waals surface area contributed by atoms with Gasteiger partial charge in [-0.05, 0) is 49.9 Å². The van der Waals surface area contributed by atoms with Crippen molar-refractivity contribution in [1.82, 2.24) is 0 Å². The fraction of sp³-hybridized carbons (Fsp3) is 0.632. The summed E-state index contributed by atoms with van der Waals surface area (Å²) in [7, 11) is 0. The van der Waals surface area contributed by atoms with E-state index in [1.54, 1.807) is 0 Å². The van der Waals surface area contributed by atoms with Crippen molar-refractivity contribution in [3.05, 3.63) is 24.3 Å². The Hall–Kier alpha value is -1.71. The Kier molecular flexibility index (Phi) is 9.92. The molecule has 0 bridgehead atoms. The van der Waals surface area contributed by atoms with Crippen LogP contribution in [0.3, 0.4) is 0 Å². The molecule has 0 aromatic heterocycles. The Morgan fingerprint density at radius 1 is 0.913 bits per heavy atom. The summed E-state index contributed by atoms with van der Waals surface area (Å²) in [6.45, 7) is 7.87. The van der Waals surface area contributed by atoms with Crippen LogP contribution in [0.4, 0.5) is 0 Å². The van der Waals surface area contributed by atoms with E-state index in [1.807, 2.05) is 38.1 Å². The van der Waals surface area contributed by atoms with Crippen LogP contribution in [0.15, 0.2) is 24.3 Å². The zero-order valence-electron chi connectivity index (χ0n) is 14.7.